The molecule has 0 aliphatic heterocycles. The van der Waals surface area contributed by atoms with Crippen LogP contribution in [0.3, 0.4) is 0 Å². The molecule has 0 unspecified atom stereocenters. The van der Waals surface area contributed by atoms with Gasteiger partial charge in [-0.05, 0) is 17.9 Å². The molecule has 0 bridgehead atoms. The molecule has 0 saturated heterocycles. The third-order valence-electron chi connectivity index (χ3n) is 3.80. The van der Waals surface area contributed by atoms with E-state index in [0.29, 0.717) is 29.6 Å². The van der Waals surface area contributed by atoms with E-state index in [0.717, 1.165) is 10.9 Å². The summed E-state index contributed by atoms with van der Waals surface area (Å²) in [5, 5.41) is 1.28. The van der Waals surface area contributed by atoms with Gasteiger partial charge in [0.1, 0.15) is 5.76 Å². The highest BCUT2D eigenvalue weighted by atomic mass is 16.4. The Kier molecular flexibility index (Phi) is 2.43. The number of Topliss-reactive ketones (excluding diaryl/α,β-unsaturated/α-hetero) is 1. The second-order valence-corrected chi connectivity index (χ2v) is 6.13. The van der Waals surface area contributed by atoms with E-state index in [1.165, 1.54) is 0 Å². The molecule has 0 N–H and O–H groups in total. The third-order valence-corrected chi connectivity index (χ3v) is 3.80. The summed E-state index contributed by atoms with van der Waals surface area (Å²) >= 11 is 0. The van der Waals surface area contributed by atoms with Gasteiger partial charge in [0.25, 0.3) is 0 Å². The van der Waals surface area contributed by atoms with Gasteiger partial charge in [0.15, 0.2) is 5.78 Å². The number of fused-ring (bicyclic) bond motifs is 3. The molecule has 0 spiro atoms. The van der Waals surface area contributed by atoms with Gasteiger partial charge in [0, 0.05) is 18.2 Å². The van der Waals surface area contributed by atoms with Crippen molar-refractivity contribution in [2.24, 2.45) is 5.41 Å². The molecule has 0 saturated carbocycles. The van der Waals surface area contributed by atoms with Gasteiger partial charge in [-0.1, -0.05) is 32.0 Å². The summed E-state index contributed by atoms with van der Waals surface area (Å²) in [6.07, 6.45) is 1.13. The summed E-state index contributed by atoms with van der Waals surface area (Å²) in [5.41, 5.74) is 0.985. The average molecular weight is 256 g/mol. The molecule has 0 amide bonds. The van der Waals surface area contributed by atoms with Gasteiger partial charge in [-0.2, -0.15) is 0 Å². The highest BCUT2D eigenvalue weighted by molar-refractivity contribution is 6.09. The Morgan fingerprint density at radius 3 is 2.63 bits per heavy atom. The molecular weight excluding hydrogens is 240 g/mol. The summed E-state index contributed by atoms with van der Waals surface area (Å²) in [6, 6.07) is 5.58. The Balaban J connectivity index is 2.43. The van der Waals surface area contributed by atoms with E-state index in [1.54, 1.807) is 0 Å². The third kappa shape index (κ3) is 1.81. The lowest BCUT2D eigenvalue weighted by atomic mass is 9.75. The van der Waals surface area contributed by atoms with Gasteiger partial charge >= 0.3 is 5.63 Å². The van der Waals surface area contributed by atoms with Gasteiger partial charge in [-0.3, -0.25) is 4.79 Å². The number of aryl methyl sites for hydroxylation is 1. The lowest BCUT2D eigenvalue weighted by Gasteiger charge is -2.29. The first-order valence-electron chi connectivity index (χ1n) is 6.47. The predicted octanol–water partition coefficient (Wildman–Crippen LogP) is 3.26. The molecule has 98 valence electrons. The van der Waals surface area contributed by atoms with Crippen LogP contribution in [-0.4, -0.2) is 5.78 Å². The molecule has 1 aliphatic rings. The molecule has 1 aromatic carbocycles. The normalized spacial score (nSPS) is 17.5. The predicted molar refractivity (Wildman–Crippen MR) is 73.7 cm³/mol. The molecule has 1 heterocycles. The van der Waals surface area contributed by atoms with E-state index in [-0.39, 0.29) is 16.8 Å². The second-order valence-electron chi connectivity index (χ2n) is 6.13. The zero-order valence-electron chi connectivity index (χ0n) is 11.4. The van der Waals surface area contributed by atoms with Crippen LogP contribution < -0.4 is 5.63 Å². The SMILES string of the molecule is Cc1cccc2c3c(oc(=O)c12)CC(C)(C)CC3=O. The molecule has 0 radical (unpaired) electrons. The van der Waals surface area contributed by atoms with Crippen molar-refractivity contribution >= 4 is 16.6 Å². The van der Waals surface area contributed by atoms with E-state index in [1.807, 2.05) is 39.0 Å². The number of carbonyl (C=O) groups is 1. The summed E-state index contributed by atoms with van der Waals surface area (Å²) in [5.74, 6) is 0.620. The van der Waals surface area contributed by atoms with Crippen LogP contribution >= 0.6 is 0 Å². The molecule has 0 atom stereocenters. The maximum atomic E-state index is 12.4. The topological polar surface area (TPSA) is 47.3 Å². The lowest BCUT2D eigenvalue weighted by Crippen LogP contribution is -2.28. The van der Waals surface area contributed by atoms with Crippen LogP contribution in [0.4, 0.5) is 0 Å². The van der Waals surface area contributed by atoms with Gasteiger partial charge < -0.3 is 4.42 Å². The molecule has 1 aromatic heterocycles. The fourth-order valence-corrected chi connectivity index (χ4v) is 2.96. The lowest BCUT2D eigenvalue weighted by molar-refractivity contribution is 0.0900. The van der Waals surface area contributed by atoms with Crippen molar-refractivity contribution in [3.05, 3.63) is 45.5 Å². The Hall–Kier alpha value is -1.90. The highest BCUT2D eigenvalue weighted by Crippen LogP contribution is 2.37. The molecule has 0 fully saturated rings. The van der Waals surface area contributed by atoms with Crippen molar-refractivity contribution in [3.8, 4) is 0 Å². The first-order chi connectivity index (χ1) is 8.89. The van der Waals surface area contributed by atoms with Crippen molar-refractivity contribution < 1.29 is 9.21 Å². The van der Waals surface area contributed by atoms with Crippen molar-refractivity contribution in [3.63, 3.8) is 0 Å². The van der Waals surface area contributed by atoms with E-state index < -0.39 is 0 Å². The standard InChI is InChI=1S/C16H16O3/c1-9-5-4-6-10-13(9)15(18)19-12-8-16(2,3)7-11(17)14(10)12/h4-6H,7-8H2,1-3H3. The molecule has 3 nitrogen and oxygen atoms in total. The quantitative estimate of drug-likeness (QED) is 0.726. The largest absolute Gasteiger partial charge is 0.427 e. The minimum absolute atomic E-state index is 0.0746. The zero-order valence-corrected chi connectivity index (χ0v) is 11.4. The van der Waals surface area contributed by atoms with Crippen LogP contribution in [0.1, 0.15) is 41.9 Å². The molecule has 3 heteroatoms. The fourth-order valence-electron chi connectivity index (χ4n) is 2.96. The summed E-state index contributed by atoms with van der Waals surface area (Å²) in [6.45, 7) is 5.91. The van der Waals surface area contributed by atoms with Crippen LogP contribution in [0.15, 0.2) is 27.4 Å². The maximum Gasteiger partial charge on any atom is 0.344 e. The smallest absolute Gasteiger partial charge is 0.344 e. The van der Waals surface area contributed by atoms with E-state index in [2.05, 4.69) is 0 Å². The Morgan fingerprint density at radius 1 is 1.16 bits per heavy atom. The van der Waals surface area contributed by atoms with Gasteiger partial charge in [0.05, 0.1) is 10.9 Å². The number of rotatable bonds is 0. The average Bonchev–Trinajstić information content (AvgIpc) is 2.25. The van der Waals surface area contributed by atoms with Gasteiger partial charge in [0.2, 0.25) is 0 Å². The number of benzene rings is 1. The monoisotopic (exact) mass is 256 g/mol. The number of ketones is 1. The van der Waals surface area contributed by atoms with Crippen LogP contribution in [0.2, 0.25) is 0 Å². The molecule has 1 aliphatic carbocycles. The minimum atomic E-state index is -0.336. The molecule has 2 aromatic rings. The van der Waals surface area contributed by atoms with Crippen LogP contribution in [-0.2, 0) is 6.42 Å². The molecular formula is C16H16O3. The van der Waals surface area contributed by atoms with Gasteiger partial charge in [-0.25, -0.2) is 4.79 Å². The number of carbonyl (C=O) groups excluding carboxylic acids is 1. The summed E-state index contributed by atoms with van der Waals surface area (Å²) in [4.78, 5) is 24.5. The van der Waals surface area contributed by atoms with Crippen molar-refractivity contribution in [2.45, 2.75) is 33.6 Å². The summed E-state index contributed by atoms with van der Waals surface area (Å²) in [7, 11) is 0. The van der Waals surface area contributed by atoms with Gasteiger partial charge in [-0.15, -0.1) is 0 Å². The number of hydrogen-bond donors (Lipinski definition) is 0. The molecule has 19 heavy (non-hydrogen) atoms. The Bertz CT molecular complexity index is 750. The van der Waals surface area contributed by atoms with Crippen LogP contribution in [0.25, 0.3) is 10.8 Å². The van der Waals surface area contributed by atoms with E-state index >= 15 is 0 Å². The Morgan fingerprint density at radius 2 is 1.89 bits per heavy atom. The highest BCUT2D eigenvalue weighted by Gasteiger charge is 2.34. The Labute approximate surface area is 111 Å². The fraction of sp³-hybridized carbons (Fsp3) is 0.375. The van der Waals surface area contributed by atoms with Crippen LogP contribution in [0.5, 0.6) is 0 Å². The summed E-state index contributed by atoms with van der Waals surface area (Å²) < 4.78 is 5.42. The van der Waals surface area contributed by atoms with Crippen molar-refractivity contribution in [2.75, 3.05) is 0 Å². The molecule has 3 rings (SSSR count). The second kappa shape index (κ2) is 3.80. The zero-order chi connectivity index (χ0) is 13.8. The van der Waals surface area contributed by atoms with Crippen molar-refractivity contribution in [1.82, 2.24) is 0 Å². The first kappa shape index (κ1) is 12.2. The first-order valence-corrected chi connectivity index (χ1v) is 6.47. The minimum Gasteiger partial charge on any atom is -0.427 e. The van der Waals surface area contributed by atoms with Crippen LogP contribution in [0, 0.1) is 12.3 Å². The number of hydrogen-bond acceptors (Lipinski definition) is 3. The van der Waals surface area contributed by atoms with E-state index in [4.69, 9.17) is 4.42 Å². The maximum absolute atomic E-state index is 12.4. The van der Waals surface area contributed by atoms with E-state index in [9.17, 15) is 9.59 Å². The van der Waals surface area contributed by atoms with Crippen molar-refractivity contribution in [1.29, 1.82) is 0 Å².